The van der Waals surface area contributed by atoms with Crippen molar-refractivity contribution in [3.63, 3.8) is 0 Å². The Morgan fingerprint density at radius 2 is 1.75 bits per heavy atom. The molecule has 3 aliphatic rings. The van der Waals surface area contributed by atoms with Crippen LogP contribution in [-0.2, 0) is 20.7 Å². The van der Waals surface area contributed by atoms with Crippen molar-refractivity contribution >= 4 is 23.5 Å². The van der Waals surface area contributed by atoms with Gasteiger partial charge in [0.05, 0.1) is 35.8 Å². The van der Waals surface area contributed by atoms with Crippen LogP contribution in [0, 0.1) is 17.0 Å². The first-order valence-corrected chi connectivity index (χ1v) is 11.3. The summed E-state index contributed by atoms with van der Waals surface area (Å²) in [6.45, 7) is 1.22. The third-order valence-corrected chi connectivity index (χ3v) is 7.04. The van der Waals surface area contributed by atoms with Crippen LogP contribution in [0.15, 0.2) is 24.7 Å². The number of hydrogen-bond donors (Lipinski definition) is 2. The number of aromatic nitrogens is 2. The zero-order chi connectivity index (χ0) is 25.9. The summed E-state index contributed by atoms with van der Waals surface area (Å²) < 4.78 is 37.0. The summed E-state index contributed by atoms with van der Waals surface area (Å²) in [5.41, 5.74) is -2.25. The molecule has 0 unspecified atom stereocenters. The molecule has 2 aromatic rings. The zero-order valence-corrected chi connectivity index (χ0v) is 19.4. The highest BCUT2D eigenvalue weighted by Crippen LogP contribution is 2.51. The highest BCUT2D eigenvalue weighted by molar-refractivity contribution is 6.20. The molecule has 0 bridgehead atoms. The number of hydrogen-bond acceptors (Lipinski definition) is 9. The fraction of sp³-hybridized carbons (Fsp3) is 0.435. The number of morpholine rings is 1. The molecular formula is C23H23F2N5O6. The molecule has 3 atom stereocenters. The van der Waals surface area contributed by atoms with E-state index in [0.29, 0.717) is 9.80 Å². The van der Waals surface area contributed by atoms with E-state index in [1.165, 1.54) is 29.6 Å². The molecule has 11 nitrogen and oxygen atoms in total. The van der Waals surface area contributed by atoms with Crippen molar-refractivity contribution in [3.8, 4) is 11.3 Å². The van der Waals surface area contributed by atoms with Crippen molar-refractivity contribution in [2.24, 2.45) is 5.41 Å². The summed E-state index contributed by atoms with van der Waals surface area (Å²) in [4.78, 5) is 50.4. The number of benzene rings is 1. The van der Waals surface area contributed by atoms with Crippen LogP contribution in [0.25, 0.3) is 11.3 Å². The molecule has 1 spiro atoms. The maximum absolute atomic E-state index is 15.7. The minimum Gasteiger partial charge on any atom is -0.376 e. The van der Waals surface area contributed by atoms with Crippen molar-refractivity contribution in [1.29, 1.82) is 0 Å². The summed E-state index contributed by atoms with van der Waals surface area (Å²) in [6.07, 6.45) is 2.18. The molecule has 3 aliphatic heterocycles. The Kier molecular flexibility index (Phi) is 5.73. The molecule has 5 rings (SSSR count). The van der Waals surface area contributed by atoms with Gasteiger partial charge in [0, 0.05) is 30.9 Å². The molecule has 2 fully saturated rings. The predicted molar refractivity (Wildman–Crippen MR) is 118 cm³/mol. The maximum atomic E-state index is 15.7. The Morgan fingerprint density at radius 1 is 1.08 bits per heavy atom. The Bertz CT molecular complexity index is 1240. The first kappa shape index (κ1) is 24.2. The largest absolute Gasteiger partial charge is 0.376 e. The van der Waals surface area contributed by atoms with Gasteiger partial charge in [-0.05, 0) is 25.5 Å². The molecule has 2 N–H and O–H groups in total. The summed E-state index contributed by atoms with van der Waals surface area (Å²) in [5, 5.41) is 19.6. The van der Waals surface area contributed by atoms with Crippen molar-refractivity contribution in [2.45, 2.75) is 38.5 Å². The van der Waals surface area contributed by atoms with Crippen LogP contribution in [0.5, 0.6) is 0 Å². The number of carbonyl (C=O) groups excluding carboxylic acids is 3. The van der Waals surface area contributed by atoms with E-state index in [1.807, 2.05) is 0 Å². The van der Waals surface area contributed by atoms with Gasteiger partial charge in [-0.3, -0.25) is 19.6 Å². The van der Waals surface area contributed by atoms with Crippen LogP contribution in [0.2, 0.25) is 0 Å². The van der Waals surface area contributed by atoms with Gasteiger partial charge < -0.3 is 19.8 Å². The second-order valence-electron chi connectivity index (χ2n) is 9.08. The summed E-state index contributed by atoms with van der Waals surface area (Å²) in [7, 11) is 0. The Balaban J connectivity index is 1.79. The lowest BCUT2D eigenvalue weighted by atomic mass is 9.65. The van der Waals surface area contributed by atoms with Gasteiger partial charge in [-0.15, -0.1) is 0 Å². The van der Waals surface area contributed by atoms with Gasteiger partial charge in [-0.1, -0.05) is 0 Å². The molecule has 4 heterocycles. The van der Waals surface area contributed by atoms with E-state index >= 15 is 8.78 Å². The SMILES string of the molecule is C[C@H]1CN2c3c(cc(-c4cnccn4)c(F)c3F)CC3(C(=O)N(CO)C(=O)N(CO)C3=O)[C@@H]2[C@@H](C)O1. The summed E-state index contributed by atoms with van der Waals surface area (Å²) in [5.74, 6) is -4.37. The normalized spacial score (nSPS) is 25.3. The molecule has 36 heavy (non-hydrogen) atoms. The number of halogens is 2. The number of amides is 4. The van der Waals surface area contributed by atoms with Gasteiger partial charge in [0.2, 0.25) is 0 Å². The lowest BCUT2D eigenvalue weighted by molar-refractivity contribution is -0.172. The number of urea groups is 1. The van der Waals surface area contributed by atoms with Gasteiger partial charge >= 0.3 is 6.03 Å². The number of rotatable bonds is 3. The van der Waals surface area contributed by atoms with E-state index in [2.05, 4.69) is 9.97 Å². The molecule has 190 valence electrons. The number of ether oxygens (including phenoxy) is 1. The quantitative estimate of drug-likeness (QED) is 0.578. The fourth-order valence-electron chi connectivity index (χ4n) is 5.72. The van der Waals surface area contributed by atoms with Crippen LogP contribution in [0.1, 0.15) is 19.4 Å². The molecule has 1 aromatic carbocycles. The lowest BCUT2D eigenvalue weighted by Crippen LogP contribution is -2.76. The monoisotopic (exact) mass is 503 g/mol. The number of aliphatic hydroxyl groups excluding tert-OH is 2. The highest BCUT2D eigenvalue weighted by atomic mass is 19.2. The minimum atomic E-state index is -2.07. The smallest absolute Gasteiger partial charge is 0.337 e. The maximum Gasteiger partial charge on any atom is 0.337 e. The average Bonchev–Trinajstić information content (AvgIpc) is 2.85. The van der Waals surface area contributed by atoms with Crippen LogP contribution < -0.4 is 4.90 Å². The minimum absolute atomic E-state index is 0.0113. The molecule has 4 amide bonds. The number of nitrogens with zero attached hydrogens (tertiary/aromatic N) is 5. The van der Waals surface area contributed by atoms with Gasteiger partial charge in [0.1, 0.15) is 13.5 Å². The van der Waals surface area contributed by atoms with E-state index in [-0.39, 0.29) is 29.1 Å². The molecule has 0 aliphatic carbocycles. The lowest BCUT2D eigenvalue weighted by Gasteiger charge is -2.57. The van der Waals surface area contributed by atoms with Gasteiger partial charge in [0.25, 0.3) is 11.8 Å². The number of aliphatic hydroxyl groups is 2. The van der Waals surface area contributed by atoms with E-state index in [0.717, 1.165) is 0 Å². The zero-order valence-electron chi connectivity index (χ0n) is 19.4. The van der Waals surface area contributed by atoms with Gasteiger partial charge in [-0.2, -0.15) is 0 Å². The first-order chi connectivity index (χ1) is 17.2. The molecule has 0 saturated carbocycles. The van der Waals surface area contributed by atoms with Crippen LogP contribution in [0.3, 0.4) is 0 Å². The van der Waals surface area contributed by atoms with Crippen molar-refractivity contribution in [2.75, 3.05) is 24.9 Å². The predicted octanol–water partition coefficient (Wildman–Crippen LogP) is 0.637. The summed E-state index contributed by atoms with van der Waals surface area (Å²) >= 11 is 0. The van der Waals surface area contributed by atoms with E-state index in [4.69, 9.17) is 4.74 Å². The van der Waals surface area contributed by atoms with Crippen molar-refractivity contribution in [3.05, 3.63) is 41.9 Å². The number of barbiturate groups is 1. The van der Waals surface area contributed by atoms with Crippen LogP contribution in [-0.4, -0.2) is 86.1 Å². The summed E-state index contributed by atoms with van der Waals surface area (Å²) in [6, 6.07) is -1.03. The Labute approximate surface area is 203 Å². The third-order valence-electron chi connectivity index (χ3n) is 7.04. The van der Waals surface area contributed by atoms with Crippen molar-refractivity contribution < 1.29 is 38.1 Å². The first-order valence-electron chi connectivity index (χ1n) is 11.3. The number of anilines is 1. The molecule has 1 aromatic heterocycles. The molecule has 13 heteroatoms. The number of carbonyl (C=O) groups is 3. The Hall–Kier alpha value is -3.55. The van der Waals surface area contributed by atoms with E-state index in [1.54, 1.807) is 13.8 Å². The van der Waals surface area contributed by atoms with Gasteiger partial charge in [0.15, 0.2) is 17.0 Å². The van der Waals surface area contributed by atoms with E-state index < -0.39 is 73.0 Å². The fourth-order valence-corrected chi connectivity index (χ4v) is 5.72. The number of fused-ring (bicyclic) bond motifs is 4. The van der Waals surface area contributed by atoms with Crippen LogP contribution in [0.4, 0.5) is 19.3 Å². The second kappa shape index (κ2) is 8.54. The highest BCUT2D eigenvalue weighted by Gasteiger charge is 2.67. The van der Waals surface area contributed by atoms with Crippen LogP contribution >= 0.6 is 0 Å². The molecule has 0 radical (unpaired) electrons. The molecule has 2 saturated heterocycles. The third kappa shape index (κ3) is 3.16. The van der Waals surface area contributed by atoms with Crippen molar-refractivity contribution in [1.82, 2.24) is 19.8 Å². The van der Waals surface area contributed by atoms with E-state index in [9.17, 15) is 24.6 Å². The standard InChI is InChI=1S/C23H23F2N5O6/c1-11-8-28-18-13(5-14(16(24)17(18)25)15-7-26-3-4-27-15)6-23(19(28)12(2)36-11)20(33)29(9-31)22(35)30(10-32)21(23)34/h3-5,7,11-12,19,31-32H,6,8-10H2,1-2H3/t11-,12+,19-/m0/s1. The molecular weight excluding hydrogens is 480 g/mol. The Morgan fingerprint density at radius 3 is 2.33 bits per heavy atom. The number of imide groups is 2. The second-order valence-corrected chi connectivity index (χ2v) is 9.08. The topological polar surface area (TPSA) is 136 Å². The van der Waals surface area contributed by atoms with Gasteiger partial charge in [-0.25, -0.2) is 23.4 Å². The average molecular weight is 503 g/mol.